The third kappa shape index (κ3) is 4.60. The van der Waals surface area contributed by atoms with E-state index in [1.54, 1.807) is 25.3 Å². The Morgan fingerprint density at radius 2 is 2.29 bits per heavy atom. The first-order chi connectivity index (χ1) is 10.2. The highest BCUT2D eigenvalue weighted by Crippen LogP contribution is 2.16. The monoisotopic (exact) mass is 295 g/mol. The fraction of sp³-hybridized carbons (Fsp3) is 0.533. The van der Waals surface area contributed by atoms with E-state index in [1.807, 2.05) is 0 Å². The van der Waals surface area contributed by atoms with Gasteiger partial charge in [-0.05, 0) is 31.0 Å². The lowest BCUT2D eigenvalue weighted by molar-refractivity contribution is 0.146. The molecule has 0 saturated carbocycles. The summed E-state index contributed by atoms with van der Waals surface area (Å²) in [4.78, 5) is 6.46. The summed E-state index contributed by atoms with van der Waals surface area (Å²) in [6.07, 6.45) is 1.92. The number of aliphatic imine (C=N–C) groups is 1. The van der Waals surface area contributed by atoms with Gasteiger partial charge in [0.15, 0.2) is 0 Å². The number of nitrogens with two attached hydrogens (primary N) is 1. The quantitative estimate of drug-likeness (QED) is 0.859. The fourth-order valence-corrected chi connectivity index (χ4v) is 2.34. The Balaban J connectivity index is 1.78. The first-order valence-corrected chi connectivity index (χ1v) is 7.17. The number of ether oxygens (including phenoxy) is 2. The zero-order valence-electron chi connectivity index (χ0n) is 12.3. The van der Waals surface area contributed by atoms with Gasteiger partial charge in [-0.2, -0.15) is 0 Å². The Morgan fingerprint density at radius 1 is 1.43 bits per heavy atom. The zero-order chi connectivity index (χ0) is 15.1. The minimum Gasteiger partial charge on any atom is -0.454 e. The Kier molecular flexibility index (Phi) is 5.80. The summed E-state index contributed by atoms with van der Waals surface area (Å²) in [5.41, 5.74) is 6.47. The van der Waals surface area contributed by atoms with Crippen molar-refractivity contribution in [3.8, 4) is 0 Å². The summed E-state index contributed by atoms with van der Waals surface area (Å²) in [6.45, 7) is 3.77. The zero-order valence-corrected chi connectivity index (χ0v) is 12.3. The summed E-state index contributed by atoms with van der Waals surface area (Å²) in [5.74, 6) is -0.289. The predicted octanol–water partition coefficient (Wildman–Crippen LogP) is 1.68. The van der Waals surface area contributed by atoms with Crippen LogP contribution in [0.25, 0.3) is 0 Å². The topological polar surface area (TPSA) is 60.1 Å². The summed E-state index contributed by atoms with van der Waals surface area (Å²) < 4.78 is 24.1. The minimum atomic E-state index is -0.289. The molecule has 0 aliphatic carbocycles. The van der Waals surface area contributed by atoms with Gasteiger partial charge in [-0.15, -0.1) is 0 Å². The van der Waals surface area contributed by atoms with E-state index in [0.29, 0.717) is 31.2 Å². The smallest absolute Gasteiger partial charge is 0.383 e. The van der Waals surface area contributed by atoms with Crippen LogP contribution in [-0.4, -0.2) is 50.9 Å². The molecule has 0 saturated heterocycles. The number of anilines is 1. The third-order valence-electron chi connectivity index (χ3n) is 3.49. The Morgan fingerprint density at radius 3 is 3.10 bits per heavy atom. The van der Waals surface area contributed by atoms with Crippen LogP contribution in [0.2, 0.25) is 0 Å². The van der Waals surface area contributed by atoms with E-state index >= 15 is 0 Å². The van der Waals surface area contributed by atoms with Crippen molar-refractivity contribution in [2.75, 3.05) is 45.6 Å². The highest BCUT2D eigenvalue weighted by atomic mass is 19.1. The predicted molar refractivity (Wildman–Crippen MR) is 80.8 cm³/mol. The molecule has 5 nitrogen and oxygen atoms in total. The number of rotatable bonds is 4. The van der Waals surface area contributed by atoms with Crippen LogP contribution in [0.5, 0.6) is 0 Å². The van der Waals surface area contributed by atoms with Crippen molar-refractivity contribution in [1.29, 1.82) is 0 Å². The van der Waals surface area contributed by atoms with E-state index in [9.17, 15) is 4.39 Å². The molecule has 1 heterocycles. The average molecular weight is 295 g/mol. The molecule has 2 N–H and O–H groups in total. The lowest BCUT2D eigenvalue weighted by atomic mass is 10.1. The van der Waals surface area contributed by atoms with Gasteiger partial charge in [0.2, 0.25) is 0 Å². The van der Waals surface area contributed by atoms with Gasteiger partial charge < -0.3 is 15.2 Å². The number of benzene rings is 1. The molecule has 0 fully saturated rings. The van der Waals surface area contributed by atoms with Gasteiger partial charge in [-0.3, -0.25) is 4.90 Å². The lowest BCUT2D eigenvalue weighted by Crippen LogP contribution is -2.34. The molecule has 0 amide bonds. The molecule has 0 atom stereocenters. The second-order valence-electron chi connectivity index (χ2n) is 4.97. The van der Waals surface area contributed by atoms with Crippen LogP contribution >= 0.6 is 0 Å². The van der Waals surface area contributed by atoms with Gasteiger partial charge >= 0.3 is 6.08 Å². The number of nitrogens with zero attached hydrogens (tertiary/aromatic N) is 2. The molecule has 0 bridgehead atoms. The second-order valence-corrected chi connectivity index (χ2v) is 4.97. The third-order valence-corrected chi connectivity index (χ3v) is 3.49. The molecule has 1 aromatic rings. The van der Waals surface area contributed by atoms with Crippen molar-refractivity contribution < 1.29 is 13.9 Å². The molecular formula is C15H22FN3O2. The average Bonchev–Trinajstić information content (AvgIpc) is 2.45. The van der Waals surface area contributed by atoms with Crippen molar-refractivity contribution >= 4 is 11.8 Å². The minimum absolute atomic E-state index is 0.216. The van der Waals surface area contributed by atoms with Crippen LogP contribution in [0.4, 0.5) is 10.1 Å². The van der Waals surface area contributed by atoms with Crippen molar-refractivity contribution in [2.24, 2.45) is 4.99 Å². The van der Waals surface area contributed by atoms with Crippen molar-refractivity contribution in [2.45, 2.75) is 12.8 Å². The number of methoxy groups -OCH3 is 1. The Bertz CT molecular complexity index is 494. The summed E-state index contributed by atoms with van der Waals surface area (Å²) in [6, 6.07) is 5.16. The highest BCUT2D eigenvalue weighted by molar-refractivity contribution is 5.66. The molecule has 0 spiro atoms. The molecule has 2 rings (SSSR count). The summed E-state index contributed by atoms with van der Waals surface area (Å²) in [5, 5.41) is 0. The Hall–Kier alpha value is -1.82. The number of hydrogen-bond donors (Lipinski definition) is 1. The molecule has 1 aromatic carbocycles. The van der Waals surface area contributed by atoms with E-state index in [1.165, 1.54) is 0 Å². The standard InChI is InChI=1S/C15H22FN3O2/c1-20-15-18-7-9-19(10-11-21-15)8-3-5-12-4-2-6-13(17)14(12)16/h2,4,6H,3,5,7-11,17H2,1H3. The van der Waals surface area contributed by atoms with E-state index in [4.69, 9.17) is 15.2 Å². The molecule has 0 radical (unpaired) electrons. The van der Waals surface area contributed by atoms with Gasteiger partial charge in [-0.25, -0.2) is 9.38 Å². The van der Waals surface area contributed by atoms with Gasteiger partial charge in [0.05, 0.1) is 19.3 Å². The Labute approximate surface area is 124 Å². The number of nitrogen functional groups attached to an aromatic ring is 1. The van der Waals surface area contributed by atoms with Gasteiger partial charge in [0.25, 0.3) is 0 Å². The van der Waals surface area contributed by atoms with Crippen molar-refractivity contribution in [3.63, 3.8) is 0 Å². The molecule has 1 aliphatic heterocycles. The van der Waals surface area contributed by atoms with Crippen LogP contribution in [0.15, 0.2) is 23.2 Å². The first-order valence-electron chi connectivity index (χ1n) is 7.17. The maximum absolute atomic E-state index is 13.8. The highest BCUT2D eigenvalue weighted by Gasteiger charge is 2.11. The van der Waals surface area contributed by atoms with Gasteiger partial charge in [-0.1, -0.05) is 12.1 Å². The number of halogens is 1. The first kappa shape index (κ1) is 15.6. The second kappa shape index (κ2) is 7.83. The van der Waals surface area contributed by atoms with Crippen LogP contribution in [0, 0.1) is 5.82 Å². The fourth-order valence-electron chi connectivity index (χ4n) is 2.34. The van der Waals surface area contributed by atoms with Crippen LogP contribution in [0.3, 0.4) is 0 Å². The van der Waals surface area contributed by atoms with E-state index in [-0.39, 0.29) is 11.5 Å². The lowest BCUT2D eigenvalue weighted by Gasteiger charge is -2.23. The maximum atomic E-state index is 13.8. The molecular weight excluding hydrogens is 273 g/mol. The molecule has 116 valence electrons. The van der Waals surface area contributed by atoms with Crippen molar-refractivity contribution in [3.05, 3.63) is 29.6 Å². The molecule has 0 unspecified atom stereocenters. The van der Waals surface area contributed by atoms with Crippen molar-refractivity contribution in [1.82, 2.24) is 4.90 Å². The molecule has 1 aliphatic rings. The number of aryl methyl sites for hydroxylation is 1. The summed E-state index contributed by atoms with van der Waals surface area (Å²) in [7, 11) is 1.55. The number of hydrogen-bond acceptors (Lipinski definition) is 5. The van der Waals surface area contributed by atoms with E-state index < -0.39 is 0 Å². The normalized spacial score (nSPS) is 16.6. The molecule has 6 heteroatoms. The van der Waals surface area contributed by atoms with Crippen LogP contribution < -0.4 is 5.73 Å². The molecule has 21 heavy (non-hydrogen) atoms. The SMILES string of the molecule is COC1=NCCN(CCCc2cccc(N)c2F)CCO1. The van der Waals surface area contributed by atoms with E-state index in [0.717, 1.165) is 26.1 Å². The molecule has 0 aromatic heterocycles. The van der Waals surface area contributed by atoms with Gasteiger partial charge in [0.1, 0.15) is 12.4 Å². The van der Waals surface area contributed by atoms with E-state index in [2.05, 4.69) is 9.89 Å². The van der Waals surface area contributed by atoms with Crippen LogP contribution in [-0.2, 0) is 15.9 Å². The maximum Gasteiger partial charge on any atom is 0.383 e. The summed E-state index contributed by atoms with van der Waals surface area (Å²) >= 11 is 0. The van der Waals surface area contributed by atoms with Gasteiger partial charge in [0, 0.05) is 13.1 Å². The largest absolute Gasteiger partial charge is 0.454 e. The van der Waals surface area contributed by atoms with Crippen LogP contribution in [0.1, 0.15) is 12.0 Å².